The van der Waals surface area contributed by atoms with Crippen molar-refractivity contribution in [3.63, 3.8) is 0 Å². The molecule has 0 amide bonds. The Balaban J connectivity index is 2.33. The summed E-state index contributed by atoms with van der Waals surface area (Å²) < 4.78 is 5.58. The van der Waals surface area contributed by atoms with E-state index in [0.29, 0.717) is 18.4 Å². The van der Waals surface area contributed by atoms with Gasteiger partial charge >= 0.3 is 5.97 Å². The van der Waals surface area contributed by atoms with Crippen molar-refractivity contribution < 1.29 is 14.6 Å². The van der Waals surface area contributed by atoms with Crippen LogP contribution in [0.4, 0.5) is 0 Å². The van der Waals surface area contributed by atoms with Gasteiger partial charge in [0.05, 0.1) is 6.10 Å². The van der Waals surface area contributed by atoms with E-state index in [4.69, 9.17) is 9.84 Å². The predicted molar refractivity (Wildman–Crippen MR) is 62.5 cm³/mol. The van der Waals surface area contributed by atoms with Crippen LogP contribution in [0.5, 0.6) is 0 Å². The van der Waals surface area contributed by atoms with Gasteiger partial charge < -0.3 is 15.2 Å². The molecule has 4 heteroatoms. The fourth-order valence-electron chi connectivity index (χ4n) is 2.27. The molecule has 16 heavy (non-hydrogen) atoms. The van der Waals surface area contributed by atoms with Crippen LogP contribution in [0.15, 0.2) is 0 Å². The second-order valence-electron chi connectivity index (χ2n) is 4.45. The third-order valence-electron chi connectivity index (χ3n) is 3.25. The van der Waals surface area contributed by atoms with Gasteiger partial charge in [-0.3, -0.25) is 4.79 Å². The topological polar surface area (TPSA) is 58.6 Å². The van der Waals surface area contributed by atoms with Gasteiger partial charge in [0.2, 0.25) is 0 Å². The summed E-state index contributed by atoms with van der Waals surface area (Å²) in [7, 11) is 0. The molecule has 0 spiro atoms. The minimum atomic E-state index is -0.742. The van der Waals surface area contributed by atoms with Gasteiger partial charge in [0.25, 0.3) is 0 Å². The third kappa shape index (κ3) is 3.76. The minimum absolute atomic E-state index is 0.309. The third-order valence-corrected chi connectivity index (χ3v) is 3.25. The SMILES string of the molecule is CCCC(NCC1CCOC1CC)C(=O)O. The van der Waals surface area contributed by atoms with E-state index in [2.05, 4.69) is 12.2 Å². The van der Waals surface area contributed by atoms with Crippen molar-refractivity contribution in [2.24, 2.45) is 5.92 Å². The van der Waals surface area contributed by atoms with Crippen LogP contribution in [0.1, 0.15) is 39.5 Å². The first-order valence-electron chi connectivity index (χ1n) is 6.26. The first-order chi connectivity index (χ1) is 7.69. The molecular weight excluding hydrogens is 206 g/mol. The van der Waals surface area contributed by atoms with Gasteiger partial charge in [-0.2, -0.15) is 0 Å². The van der Waals surface area contributed by atoms with Crippen LogP contribution < -0.4 is 5.32 Å². The average Bonchev–Trinajstić information content (AvgIpc) is 2.71. The van der Waals surface area contributed by atoms with E-state index in [0.717, 1.165) is 32.4 Å². The van der Waals surface area contributed by atoms with Crippen LogP contribution >= 0.6 is 0 Å². The van der Waals surface area contributed by atoms with Crippen molar-refractivity contribution in [3.05, 3.63) is 0 Å². The van der Waals surface area contributed by atoms with Gasteiger partial charge in [0.1, 0.15) is 6.04 Å². The molecule has 0 aromatic heterocycles. The molecule has 0 radical (unpaired) electrons. The maximum absolute atomic E-state index is 11.0. The van der Waals surface area contributed by atoms with Crippen molar-refractivity contribution in [3.8, 4) is 0 Å². The zero-order valence-electron chi connectivity index (χ0n) is 10.2. The number of hydrogen-bond donors (Lipinski definition) is 2. The predicted octanol–water partition coefficient (Wildman–Crippen LogP) is 1.64. The monoisotopic (exact) mass is 229 g/mol. The number of hydrogen-bond acceptors (Lipinski definition) is 3. The number of carboxylic acid groups (broad SMARTS) is 1. The van der Waals surface area contributed by atoms with Gasteiger partial charge in [-0.05, 0) is 25.2 Å². The number of rotatable bonds is 7. The highest BCUT2D eigenvalue weighted by Gasteiger charge is 2.27. The van der Waals surface area contributed by atoms with Crippen molar-refractivity contribution in [2.75, 3.05) is 13.2 Å². The molecule has 3 atom stereocenters. The molecule has 1 aliphatic rings. The average molecular weight is 229 g/mol. The molecule has 94 valence electrons. The zero-order chi connectivity index (χ0) is 12.0. The Morgan fingerprint density at radius 3 is 2.88 bits per heavy atom. The summed E-state index contributed by atoms with van der Waals surface area (Å²) in [5.74, 6) is -0.266. The van der Waals surface area contributed by atoms with Gasteiger partial charge in [-0.15, -0.1) is 0 Å². The van der Waals surface area contributed by atoms with Crippen molar-refractivity contribution in [1.82, 2.24) is 5.32 Å². The van der Waals surface area contributed by atoms with E-state index in [1.807, 2.05) is 6.92 Å². The van der Waals surface area contributed by atoms with E-state index in [-0.39, 0.29) is 0 Å². The molecule has 1 rings (SSSR count). The molecule has 3 unspecified atom stereocenters. The highest BCUT2D eigenvalue weighted by molar-refractivity contribution is 5.73. The summed E-state index contributed by atoms with van der Waals surface area (Å²) in [5, 5.41) is 12.2. The van der Waals surface area contributed by atoms with Crippen molar-refractivity contribution in [1.29, 1.82) is 0 Å². The van der Waals surface area contributed by atoms with Crippen LogP contribution in [0.3, 0.4) is 0 Å². The lowest BCUT2D eigenvalue weighted by molar-refractivity contribution is -0.139. The van der Waals surface area contributed by atoms with E-state index in [1.54, 1.807) is 0 Å². The Bertz CT molecular complexity index is 220. The second-order valence-corrected chi connectivity index (χ2v) is 4.45. The molecule has 0 aliphatic carbocycles. The largest absolute Gasteiger partial charge is 0.480 e. The van der Waals surface area contributed by atoms with Crippen LogP contribution in [-0.2, 0) is 9.53 Å². The molecule has 1 heterocycles. The zero-order valence-corrected chi connectivity index (χ0v) is 10.2. The smallest absolute Gasteiger partial charge is 0.320 e. The van der Waals surface area contributed by atoms with Gasteiger partial charge in [0.15, 0.2) is 0 Å². The van der Waals surface area contributed by atoms with Crippen LogP contribution in [-0.4, -0.2) is 36.4 Å². The lowest BCUT2D eigenvalue weighted by Crippen LogP contribution is -2.40. The van der Waals surface area contributed by atoms with Crippen molar-refractivity contribution >= 4 is 5.97 Å². The number of nitrogens with one attached hydrogen (secondary N) is 1. The maximum atomic E-state index is 11.0. The second kappa shape index (κ2) is 6.86. The lowest BCUT2D eigenvalue weighted by atomic mass is 9.99. The van der Waals surface area contributed by atoms with E-state index in [1.165, 1.54) is 0 Å². The molecule has 1 fully saturated rings. The molecule has 0 saturated carbocycles. The normalized spacial score (nSPS) is 26.9. The molecule has 0 bridgehead atoms. The van der Waals surface area contributed by atoms with Crippen LogP contribution in [0.2, 0.25) is 0 Å². The van der Waals surface area contributed by atoms with E-state index in [9.17, 15) is 4.79 Å². The summed E-state index contributed by atoms with van der Waals surface area (Å²) in [6.45, 7) is 5.70. The Hall–Kier alpha value is -0.610. The number of carbonyl (C=O) groups is 1. The molecule has 0 aromatic rings. The molecule has 0 aromatic carbocycles. The Morgan fingerprint density at radius 1 is 1.56 bits per heavy atom. The quantitative estimate of drug-likeness (QED) is 0.697. The van der Waals surface area contributed by atoms with Crippen LogP contribution in [0, 0.1) is 5.92 Å². The summed E-state index contributed by atoms with van der Waals surface area (Å²) in [6.07, 6.45) is 3.95. The number of aliphatic carboxylic acids is 1. The van der Waals surface area contributed by atoms with Crippen molar-refractivity contribution in [2.45, 2.75) is 51.7 Å². The van der Waals surface area contributed by atoms with Gasteiger partial charge in [-0.25, -0.2) is 0 Å². The Labute approximate surface area is 97.4 Å². The number of ether oxygens (including phenoxy) is 1. The Morgan fingerprint density at radius 2 is 2.31 bits per heavy atom. The first kappa shape index (κ1) is 13.5. The fraction of sp³-hybridized carbons (Fsp3) is 0.917. The minimum Gasteiger partial charge on any atom is -0.480 e. The molecule has 2 N–H and O–H groups in total. The highest BCUT2D eigenvalue weighted by Crippen LogP contribution is 2.22. The van der Waals surface area contributed by atoms with E-state index < -0.39 is 12.0 Å². The first-order valence-corrected chi connectivity index (χ1v) is 6.26. The summed E-state index contributed by atoms with van der Waals surface area (Å²) >= 11 is 0. The van der Waals surface area contributed by atoms with Crippen LogP contribution in [0.25, 0.3) is 0 Å². The van der Waals surface area contributed by atoms with Gasteiger partial charge in [-0.1, -0.05) is 20.3 Å². The fourth-order valence-corrected chi connectivity index (χ4v) is 2.27. The van der Waals surface area contributed by atoms with E-state index >= 15 is 0 Å². The number of carboxylic acids is 1. The summed E-state index contributed by atoms with van der Waals surface area (Å²) in [4.78, 5) is 11.0. The lowest BCUT2D eigenvalue weighted by Gasteiger charge is -2.20. The Kier molecular flexibility index (Phi) is 5.77. The highest BCUT2D eigenvalue weighted by atomic mass is 16.5. The molecular formula is C12H23NO3. The maximum Gasteiger partial charge on any atom is 0.320 e. The molecule has 1 aliphatic heterocycles. The summed E-state index contributed by atoms with van der Waals surface area (Å²) in [5.41, 5.74) is 0. The molecule has 1 saturated heterocycles. The molecule has 4 nitrogen and oxygen atoms in total. The standard InChI is InChI=1S/C12H23NO3/c1-3-5-10(12(14)15)13-8-9-6-7-16-11(9)4-2/h9-11,13H,3-8H2,1-2H3,(H,14,15). The summed E-state index contributed by atoms with van der Waals surface area (Å²) in [6, 6.07) is -0.400. The van der Waals surface area contributed by atoms with Gasteiger partial charge in [0, 0.05) is 13.2 Å².